The molecular weight excluding hydrogens is 490 g/mol. The van der Waals surface area contributed by atoms with E-state index in [2.05, 4.69) is 58.9 Å². The number of aromatic hydroxyl groups is 1. The number of allylic oxidation sites excluding steroid dienone is 1. The number of thioether (sulfide) groups is 1. The second-order valence-corrected chi connectivity index (χ2v) is 9.70. The molecule has 4 rings (SSSR count). The van der Waals surface area contributed by atoms with Gasteiger partial charge in [0.25, 0.3) is 0 Å². The van der Waals surface area contributed by atoms with Crippen LogP contribution in [0.4, 0.5) is 5.69 Å². The Labute approximate surface area is 200 Å². The number of ether oxygens (including phenoxy) is 1. The van der Waals surface area contributed by atoms with Crippen LogP contribution >= 0.6 is 27.7 Å². The summed E-state index contributed by atoms with van der Waals surface area (Å²) in [5, 5.41) is 21.0. The van der Waals surface area contributed by atoms with Gasteiger partial charge in [-0.25, -0.2) is 0 Å². The van der Waals surface area contributed by atoms with Gasteiger partial charge in [-0.1, -0.05) is 17.8 Å². The van der Waals surface area contributed by atoms with E-state index in [1.807, 2.05) is 6.92 Å². The molecule has 1 N–H and O–H groups in total. The van der Waals surface area contributed by atoms with E-state index in [0.717, 1.165) is 16.3 Å². The minimum absolute atomic E-state index is 0.0154. The number of carbonyl (C=O) groups excluding carboxylic acids is 1. The molecule has 0 saturated carbocycles. The molecule has 0 bridgehead atoms. The maximum Gasteiger partial charge on any atom is 0.229 e. The minimum Gasteiger partial charge on any atom is -0.503 e. The first kappa shape index (κ1) is 22.6. The molecule has 0 aliphatic carbocycles. The van der Waals surface area contributed by atoms with E-state index in [1.54, 1.807) is 17.0 Å². The predicted octanol–water partition coefficient (Wildman–Crippen LogP) is 5.39. The number of halogens is 1. The summed E-state index contributed by atoms with van der Waals surface area (Å²) in [5.74, 6) is 0.610. The van der Waals surface area contributed by atoms with Crippen molar-refractivity contribution in [1.29, 1.82) is 5.26 Å². The topological polar surface area (TPSA) is 76.8 Å². The number of phenolic OH excluding ortho intramolecular Hbond substituents is 1. The minimum atomic E-state index is -0.379. The predicted molar refractivity (Wildman–Crippen MR) is 130 cm³/mol. The number of amides is 1. The molecular formula is C24H24BrN3O3S. The van der Waals surface area contributed by atoms with Crippen LogP contribution in [0.3, 0.4) is 0 Å². The number of phenols is 1. The number of nitriles is 1. The lowest BCUT2D eigenvalue weighted by atomic mass is 9.86. The average molecular weight is 514 g/mol. The van der Waals surface area contributed by atoms with Gasteiger partial charge in [-0.2, -0.15) is 5.26 Å². The summed E-state index contributed by atoms with van der Waals surface area (Å²) in [5.41, 5.74) is 4.85. The Hall–Kier alpha value is -2.63. The van der Waals surface area contributed by atoms with Crippen LogP contribution in [0.15, 0.2) is 45.4 Å². The second-order valence-electron chi connectivity index (χ2n) is 7.91. The Kier molecular flexibility index (Phi) is 6.40. The summed E-state index contributed by atoms with van der Waals surface area (Å²) in [6.45, 7) is 6.82. The van der Waals surface area contributed by atoms with Crippen LogP contribution in [0.1, 0.15) is 36.0 Å². The number of rotatable bonds is 4. The first-order valence-electron chi connectivity index (χ1n) is 10.4. The molecule has 2 aliphatic heterocycles. The third kappa shape index (κ3) is 4.07. The smallest absolute Gasteiger partial charge is 0.229 e. The van der Waals surface area contributed by atoms with Gasteiger partial charge in [0.2, 0.25) is 5.91 Å². The van der Waals surface area contributed by atoms with Crippen molar-refractivity contribution in [1.82, 2.24) is 4.90 Å². The summed E-state index contributed by atoms with van der Waals surface area (Å²) in [6.07, 6.45) is 0.191. The molecule has 2 aromatic rings. The zero-order valence-electron chi connectivity index (χ0n) is 18.2. The highest BCUT2D eigenvalue weighted by molar-refractivity contribution is 9.10. The van der Waals surface area contributed by atoms with Crippen molar-refractivity contribution in [3.05, 3.63) is 62.1 Å². The number of hydrogen-bond donors (Lipinski definition) is 1. The Morgan fingerprint density at radius 3 is 2.75 bits per heavy atom. The maximum atomic E-state index is 13.2. The molecule has 0 radical (unpaired) electrons. The average Bonchev–Trinajstić information content (AvgIpc) is 2.78. The highest BCUT2D eigenvalue weighted by Gasteiger charge is 2.38. The zero-order valence-corrected chi connectivity index (χ0v) is 20.6. The van der Waals surface area contributed by atoms with E-state index >= 15 is 0 Å². The first-order chi connectivity index (χ1) is 15.3. The van der Waals surface area contributed by atoms with Gasteiger partial charge >= 0.3 is 0 Å². The summed E-state index contributed by atoms with van der Waals surface area (Å²) in [6, 6.07) is 12.1. The summed E-state index contributed by atoms with van der Waals surface area (Å²) < 4.78 is 6.03. The van der Waals surface area contributed by atoms with Crippen LogP contribution in [0, 0.1) is 25.2 Å². The van der Waals surface area contributed by atoms with Crippen molar-refractivity contribution in [2.24, 2.45) is 0 Å². The van der Waals surface area contributed by atoms with Crippen molar-refractivity contribution in [2.75, 3.05) is 24.1 Å². The number of anilines is 1. The van der Waals surface area contributed by atoms with Crippen molar-refractivity contribution >= 4 is 39.3 Å². The van der Waals surface area contributed by atoms with Crippen LogP contribution in [0.5, 0.6) is 11.5 Å². The third-order valence-corrected chi connectivity index (χ3v) is 7.66. The SMILES string of the molecule is CCOc1cc([C@@H]2CC(=O)N3CN(c4ccc(C)c(C)c4)CSC3=C2C#N)cc(Br)c1O. The molecule has 2 heterocycles. The molecule has 0 unspecified atom stereocenters. The molecule has 1 amide bonds. The molecule has 0 aromatic heterocycles. The Morgan fingerprint density at radius 1 is 1.28 bits per heavy atom. The maximum absolute atomic E-state index is 13.2. The summed E-state index contributed by atoms with van der Waals surface area (Å²) in [4.78, 5) is 17.1. The molecule has 1 saturated heterocycles. The van der Waals surface area contributed by atoms with Crippen LogP contribution in [-0.2, 0) is 4.79 Å². The van der Waals surface area contributed by atoms with Gasteiger partial charge in [0.05, 0.1) is 40.3 Å². The van der Waals surface area contributed by atoms with Crippen LogP contribution in [0.25, 0.3) is 0 Å². The monoisotopic (exact) mass is 513 g/mol. The fourth-order valence-electron chi connectivity index (χ4n) is 3.99. The van der Waals surface area contributed by atoms with Gasteiger partial charge < -0.3 is 14.7 Å². The standard InChI is InChI=1S/C24H24BrN3O3S/c1-4-31-21-9-16(8-20(25)23(21)30)18-10-22(29)28-12-27(13-32-24(28)19(18)11-26)17-6-5-14(2)15(3)7-17/h5-9,18,30H,4,10,12-13H2,1-3H3/t18-/m0/s1. The van der Waals surface area contributed by atoms with E-state index in [-0.39, 0.29) is 24.0 Å². The summed E-state index contributed by atoms with van der Waals surface area (Å²) in [7, 11) is 0. The molecule has 1 atom stereocenters. The summed E-state index contributed by atoms with van der Waals surface area (Å²) >= 11 is 4.88. The molecule has 166 valence electrons. The quantitative estimate of drug-likeness (QED) is 0.590. The van der Waals surface area contributed by atoms with Gasteiger partial charge in [-0.15, -0.1) is 0 Å². The van der Waals surface area contributed by atoms with Crippen LogP contribution in [0.2, 0.25) is 0 Å². The highest BCUT2D eigenvalue weighted by Crippen LogP contribution is 2.46. The number of fused-ring (bicyclic) bond motifs is 1. The van der Waals surface area contributed by atoms with Crippen LogP contribution < -0.4 is 9.64 Å². The molecule has 32 heavy (non-hydrogen) atoms. The van der Waals surface area contributed by atoms with Gasteiger partial charge in [0.1, 0.15) is 0 Å². The highest BCUT2D eigenvalue weighted by atomic mass is 79.9. The lowest BCUT2D eigenvalue weighted by Crippen LogP contribution is -2.47. The lowest BCUT2D eigenvalue weighted by Gasteiger charge is -2.42. The van der Waals surface area contributed by atoms with Crippen molar-refractivity contribution in [3.8, 4) is 17.6 Å². The third-order valence-electron chi connectivity index (χ3n) is 5.90. The van der Waals surface area contributed by atoms with Gasteiger partial charge in [0.15, 0.2) is 11.5 Å². The lowest BCUT2D eigenvalue weighted by molar-refractivity contribution is -0.129. The Morgan fingerprint density at radius 2 is 2.06 bits per heavy atom. The van der Waals surface area contributed by atoms with E-state index in [9.17, 15) is 15.2 Å². The van der Waals surface area contributed by atoms with E-state index in [1.165, 1.54) is 22.9 Å². The van der Waals surface area contributed by atoms with Gasteiger partial charge in [-0.05, 0) is 77.7 Å². The number of benzene rings is 2. The molecule has 6 nitrogen and oxygen atoms in total. The first-order valence-corrected chi connectivity index (χ1v) is 12.2. The van der Waals surface area contributed by atoms with Gasteiger partial charge in [-0.3, -0.25) is 9.69 Å². The number of hydrogen-bond acceptors (Lipinski definition) is 6. The molecule has 0 spiro atoms. The largest absolute Gasteiger partial charge is 0.503 e. The fraction of sp³-hybridized carbons (Fsp3) is 0.333. The molecule has 2 aliphatic rings. The van der Waals surface area contributed by atoms with Crippen LogP contribution in [-0.4, -0.2) is 35.1 Å². The molecule has 1 fully saturated rings. The zero-order chi connectivity index (χ0) is 23.0. The normalized spacial score (nSPS) is 18.5. The van der Waals surface area contributed by atoms with E-state index in [0.29, 0.717) is 34.9 Å². The number of aryl methyl sites for hydroxylation is 2. The van der Waals surface area contributed by atoms with E-state index < -0.39 is 0 Å². The molecule has 2 aromatic carbocycles. The second kappa shape index (κ2) is 9.08. The number of nitrogens with zero attached hydrogens (tertiary/aromatic N) is 3. The Bertz CT molecular complexity index is 1160. The van der Waals surface area contributed by atoms with Gasteiger partial charge in [0, 0.05) is 18.0 Å². The van der Waals surface area contributed by atoms with Crippen molar-refractivity contribution < 1.29 is 14.6 Å². The number of carbonyl (C=O) groups is 1. The Balaban J connectivity index is 1.68. The van der Waals surface area contributed by atoms with Crippen molar-refractivity contribution in [2.45, 2.75) is 33.1 Å². The molecule has 8 heteroatoms. The van der Waals surface area contributed by atoms with E-state index in [4.69, 9.17) is 4.74 Å². The van der Waals surface area contributed by atoms with Crippen molar-refractivity contribution in [3.63, 3.8) is 0 Å². The fourth-order valence-corrected chi connectivity index (χ4v) is 5.62.